The van der Waals surface area contributed by atoms with Gasteiger partial charge in [-0.3, -0.25) is 9.59 Å². The van der Waals surface area contributed by atoms with E-state index in [9.17, 15) is 9.59 Å². The second-order valence-electron chi connectivity index (χ2n) is 4.30. The Bertz CT molecular complexity index is 442. The monoisotopic (exact) mass is 263 g/mol. The molecule has 0 aliphatic heterocycles. The number of nitrogens with two attached hydrogens (primary N) is 1. The Morgan fingerprint density at radius 1 is 1.11 bits per heavy atom. The van der Waals surface area contributed by atoms with Gasteiger partial charge in [0, 0.05) is 5.92 Å². The summed E-state index contributed by atoms with van der Waals surface area (Å²) in [6.45, 7) is 3.88. The molecule has 19 heavy (non-hydrogen) atoms. The molecule has 1 aromatic rings. The molecule has 5 heteroatoms. The lowest BCUT2D eigenvalue weighted by Gasteiger charge is -2.15. The summed E-state index contributed by atoms with van der Waals surface area (Å²) in [7, 11) is 0. The van der Waals surface area contributed by atoms with Gasteiger partial charge in [0.25, 0.3) is 0 Å². The molecule has 0 aliphatic carbocycles. The maximum absolute atomic E-state index is 12.0. The van der Waals surface area contributed by atoms with Gasteiger partial charge in [0.1, 0.15) is 0 Å². The topological polar surface area (TPSA) is 84.2 Å². The predicted octanol–water partition coefficient (Wildman–Crippen LogP) is 1.96. The van der Waals surface area contributed by atoms with Gasteiger partial charge in [-0.1, -0.05) is 26.0 Å². The fourth-order valence-corrected chi connectivity index (χ4v) is 1.80. The van der Waals surface area contributed by atoms with Crippen LogP contribution in [0.3, 0.4) is 0 Å². The van der Waals surface area contributed by atoms with Crippen molar-refractivity contribution in [1.29, 1.82) is 0 Å². The van der Waals surface area contributed by atoms with Crippen molar-refractivity contribution in [2.75, 3.05) is 17.2 Å². The van der Waals surface area contributed by atoms with Crippen molar-refractivity contribution in [3.8, 4) is 0 Å². The predicted molar refractivity (Wildman–Crippen MR) is 76.8 cm³/mol. The van der Waals surface area contributed by atoms with Gasteiger partial charge in [-0.15, -0.1) is 0 Å². The molecule has 2 amide bonds. The lowest BCUT2D eigenvalue weighted by molar-refractivity contribution is -0.120. The van der Waals surface area contributed by atoms with Gasteiger partial charge in [-0.2, -0.15) is 0 Å². The minimum Gasteiger partial charge on any atom is -0.324 e. The third-order valence-electron chi connectivity index (χ3n) is 3.00. The molecule has 0 saturated carbocycles. The molecule has 0 unspecified atom stereocenters. The zero-order valence-corrected chi connectivity index (χ0v) is 11.4. The molecule has 0 saturated heterocycles. The standard InChI is InChI=1S/C14H21N3O2/c1-3-10(4-2)14(19)17-12-8-6-5-7-11(12)16-13(18)9-15/h5-8,10H,3-4,9,15H2,1-2H3,(H,16,18)(H,17,19). The Morgan fingerprint density at radius 2 is 1.63 bits per heavy atom. The zero-order valence-electron chi connectivity index (χ0n) is 11.4. The summed E-state index contributed by atoms with van der Waals surface area (Å²) in [6.07, 6.45) is 1.58. The van der Waals surface area contributed by atoms with Gasteiger partial charge in [0.15, 0.2) is 0 Å². The minimum absolute atomic E-state index is 0.0155. The van der Waals surface area contributed by atoms with Gasteiger partial charge in [0.05, 0.1) is 17.9 Å². The summed E-state index contributed by atoms with van der Waals surface area (Å²) >= 11 is 0. The van der Waals surface area contributed by atoms with Crippen molar-refractivity contribution in [2.45, 2.75) is 26.7 Å². The largest absolute Gasteiger partial charge is 0.324 e. The quantitative estimate of drug-likeness (QED) is 0.733. The lowest BCUT2D eigenvalue weighted by atomic mass is 10.0. The van der Waals surface area contributed by atoms with Crippen molar-refractivity contribution in [3.05, 3.63) is 24.3 Å². The third kappa shape index (κ3) is 4.37. The van der Waals surface area contributed by atoms with Crippen LogP contribution in [-0.4, -0.2) is 18.4 Å². The van der Waals surface area contributed by atoms with Crippen LogP contribution >= 0.6 is 0 Å². The average Bonchev–Trinajstić information content (AvgIpc) is 2.42. The van der Waals surface area contributed by atoms with E-state index in [1.807, 2.05) is 13.8 Å². The zero-order chi connectivity index (χ0) is 14.3. The fourth-order valence-electron chi connectivity index (χ4n) is 1.80. The van der Waals surface area contributed by atoms with E-state index < -0.39 is 0 Å². The number of para-hydroxylation sites is 2. The van der Waals surface area contributed by atoms with E-state index in [0.717, 1.165) is 12.8 Å². The number of carbonyl (C=O) groups excluding carboxylic acids is 2. The number of rotatable bonds is 6. The molecule has 0 fully saturated rings. The van der Waals surface area contributed by atoms with Crippen molar-refractivity contribution >= 4 is 23.2 Å². The van der Waals surface area contributed by atoms with Crippen LogP contribution < -0.4 is 16.4 Å². The van der Waals surface area contributed by atoms with E-state index in [-0.39, 0.29) is 24.3 Å². The first-order valence-corrected chi connectivity index (χ1v) is 6.52. The highest BCUT2D eigenvalue weighted by molar-refractivity contribution is 6.00. The number of nitrogens with one attached hydrogen (secondary N) is 2. The van der Waals surface area contributed by atoms with Crippen LogP contribution in [0, 0.1) is 5.92 Å². The summed E-state index contributed by atoms with van der Waals surface area (Å²) in [4.78, 5) is 23.4. The number of benzene rings is 1. The average molecular weight is 263 g/mol. The molecule has 1 rings (SSSR count). The number of anilines is 2. The lowest BCUT2D eigenvalue weighted by Crippen LogP contribution is -2.25. The molecule has 4 N–H and O–H groups in total. The van der Waals surface area contributed by atoms with Crippen LogP contribution in [0.5, 0.6) is 0 Å². The summed E-state index contributed by atoms with van der Waals surface area (Å²) in [6, 6.07) is 7.09. The van der Waals surface area contributed by atoms with Crippen molar-refractivity contribution in [3.63, 3.8) is 0 Å². The fraction of sp³-hybridized carbons (Fsp3) is 0.429. The first-order valence-electron chi connectivity index (χ1n) is 6.52. The highest BCUT2D eigenvalue weighted by Gasteiger charge is 2.15. The number of amides is 2. The van der Waals surface area contributed by atoms with Gasteiger partial charge < -0.3 is 16.4 Å². The molecular weight excluding hydrogens is 242 g/mol. The van der Waals surface area contributed by atoms with Crippen LogP contribution in [0.4, 0.5) is 11.4 Å². The number of hydrogen-bond acceptors (Lipinski definition) is 3. The molecule has 0 spiro atoms. The maximum atomic E-state index is 12.0. The van der Waals surface area contributed by atoms with Crippen LogP contribution in [0.25, 0.3) is 0 Å². The number of hydrogen-bond donors (Lipinski definition) is 3. The van der Waals surface area contributed by atoms with Gasteiger partial charge in [-0.25, -0.2) is 0 Å². The molecule has 0 aromatic heterocycles. The summed E-state index contributed by atoms with van der Waals surface area (Å²) < 4.78 is 0. The van der Waals surface area contributed by atoms with Gasteiger partial charge in [0.2, 0.25) is 11.8 Å². The van der Waals surface area contributed by atoms with Crippen LogP contribution in [0.1, 0.15) is 26.7 Å². The van der Waals surface area contributed by atoms with E-state index >= 15 is 0 Å². The second-order valence-corrected chi connectivity index (χ2v) is 4.30. The summed E-state index contributed by atoms with van der Waals surface area (Å²) in [5.74, 6) is -0.332. The Morgan fingerprint density at radius 3 is 2.11 bits per heavy atom. The van der Waals surface area contributed by atoms with E-state index in [1.165, 1.54) is 0 Å². The molecule has 0 bridgehead atoms. The molecule has 0 heterocycles. The number of carbonyl (C=O) groups is 2. The molecule has 0 aliphatic rings. The molecular formula is C14H21N3O2. The second kappa shape index (κ2) is 7.53. The molecule has 0 radical (unpaired) electrons. The highest BCUT2D eigenvalue weighted by atomic mass is 16.2. The molecule has 104 valence electrons. The Kier molecular flexibility index (Phi) is 6.02. The Hall–Kier alpha value is -1.88. The van der Waals surface area contributed by atoms with E-state index in [4.69, 9.17) is 5.73 Å². The summed E-state index contributed by atoms with van der Waals surface area (Å²) in [5.41, 5.74) is 6.43. The summed E-state index contributed by atoms with van der Waals surface area (Å²) in [5, 5.41) is 5.51. The van der Waals surface area contributed by atoms with E-state index in [1.54, 1.807) is 24.3 Å². The SMILES string of the molecule is CCC(CC)C(=O)Nc1ccccc1NC(=O)CN. The van der Waals surface area contributed by atoms with Crippen molar-refractivity contribution in [1.82, 2.24) is 0 Å². The van der Waals surface area contributed by atoms with Crippen molar-refractivity contribution < 1.29 is 9.59 Å². The van der Waals surface area contributed by atoms with Gasteiger partial charge in [-0.05, 0) is 25.0 Å². The third-order valence-corrected chi connectivity index (χ3v) is 3.00. The van der Waals surface area contributed by atoms with Gasteiger partial charge >= 0.3 is 0 Å². The smallest absolute Gasteiger partial charge is 0.238 e. The van der Waals surface area contributed by atoms with E-state index in [0.29, 0.717) is 11.4 Å². The van der Waals surface area contributed by atoms with Crippen LogP contribution in [0.15, 0.2) is 24.3 Å². The highest BCUT2D eigenvalue weighted by Crippen LogP contribution is 2.22. The first kappa shape index (κ1) is 15.2. The van der Waals surface area contributed by atoms with E-state index in [2.05, 4.69) is 10.6 Å². The molecule has 1 aromatic carbocycles. The van der Waals surface area contributed by atoms with Crippen LogP contribution in [-0.2, 0) is 9.59 Å². The molecule has 0 atom stereocenters. The normalized spacial score (nSPS) is 10.3. The minimum atomic E-state index is -0.288. The maximum Gasteiger partial charge on any atom is 0.238 e. The van der Waals surface area contributed by atoms with Crippen LogP contribution in [0.2, 0.25) is 0 Å². The molecule has 5 nitrogen and oxygen atoms in total. The first-order chi connectivity index (χ1) is 9.12. The van der Waals surface area contributed by atoms with Crippen molar-refractivity contribution in [2.24, 2.45) is 11.7 Å². The Labute approximate surface area is 113 Å². The Balaban J connectivity index is 2.83.